The van der Waals surface area contributed by atoms with E-state index in [-0.39, 0.29) is 11.9 Å². The number of nitrogens with one attached hydrogen (secondary N) is 1. The molecule has 3 heterocycles. The van der Waals surface area contributed by atoms with Crippen molar-refractivity contribution in [3.63, 3.8) is 0 Å². The minimum absolute atomic E-state index is 0.0874. The van der Waals surface area contributed by atoms with Crippen LogP contribution in [0.5, 0.6) is 0 Å². The van der Waals surface area contributed by atoms with Crippen LogP contribution in [0.2, 0.25) is 0 Å². The molecule has 1 aliphatic carbocycles. The number of amides is 1. The van der Waals surface area contributed by atoms with Crippen LogP contribution < -0.4 is 15.1 Å². The van der Waals surface area contributed by atoms with Gasteiger partial charge < -0.3 is 15.1 Å². The first-order valence-corrected chi connectivity index (χ1v) is 8.99. The summed E-state index contributed by atoms with van der Waals surface area (Å²) in [4.78, 5) is 26.4. The molecule has 0 unspecified atom stereocenters. The first-order valence-electron chi connectivity index (χ1n) is 8.99. The Hall–Kier alpha value is -1.85. The van der Waals surface area contributed by atoms with Crippen LogP contribution in [-0.2, 0) is 4.79 Å². The van der Waals surface area contributed by atoms with Crippen LogP contribution in [-0.4, -0.2) is 41.0 Å². The van der Waals surface area contributed by atoms with Gasteiger partial charge in [-0.3, -0.25) is 4.79 Å². The van der Waals surface area contributed by atoms with Gasteiger partial charge in [-0.05, 0) is 32.1 Å². The minimum atomic E-state index is -0.105. The van der Waals surface area contributed by atoms with Gasteiger partial charge in [-0.1, -0.05) is 19.8 Å². The minimum Gasteiger partial charge on any atom is -0.341 e. The van der Waals surface area contributed by atoms with Gasteiger partial charge in [0, 0.05) is 19.1 Å². The van der Waals surface area contributed by atoms with Crippen LogP contribution in [0, 0.1) is 0 Å². The predicted octanol–water partition coefficient (Wildman–Crippen LogP) is 2.56. The molecule has 1 aromatic heterocycles. The SMILES string of the molecule is CC[C@@H]1C(=O)Nc2cnc(N3CCCC3)nc2N1C1CCCC1. The molecule has 0 spiro atoms. The lowest BCUT2D eigenvalue weighted by molar-refractivity contribution is -0.117. The normalized spacial score (nSPS) is 24.9. The first kappa shape index (κ1) is 14.7. The fourth-order valence-electron chi connectivity index (χ4n) is 4.20. The number of fused-ring (bicyclic) bond motifs is 1. The Kier molecular flexibility index (Phi) is 3.83. The van der Waals surface area contributed by atoms with E-state index < -0.39 is 0 Å². The van der Waals surface area contributed by atoms with Crippen LogP contribution in [0.4, 0.5) is 17.5 Å². The quantitative estimate of drug-likeness (QED) is 0.929. The van der Waals surface area contributed by atoms with Crippen molar-refractivity contribution in [3.8, 4) is 0 Å². The third-order valence-electron chi connectivity index (χ3n) is 5.39. The number of anilines is 3. The molecule has 0 radical (unpaired) electrons. The number of nitrogens with zero attached hydrogens (tertiary/aromatic N) is 4. The average molecular weight is 315 g/mol. The molecule has 4 rings (SSSR count). The third kappa shape index (κ3) is 2.54. The summed E-state index contributed by atoms with van der Waals surface area (Å²) in [5.41, 5.74) is 0.773. The van der Waals surface area contributed by atoms with E-state index in [4.69, 9.17) is 4.98 Å². The highest BCUT2D eigenvalue weighted by Crippen LogP contribution is 2.38. The van der Waals surface area contributed by atoms with E-state index in [1.807, 2.05) is 0 Å². The molecule has 0 bridgehead atoms. The van der Waals surface area contributed by atoms with E-state index in [1.165, 1.54) is 25.7 Å². The molecule has 124 valence electrons. The Morgan fingerprint density at radius 1 is 1.22 bits per heavy atom. The van der Waals surface area contributed by atoms with E-state index in [0.717, 1.165) is 49.8 Å². The van der Waals surface area contributed by atoms with E-state index >= 15 is 0 Å². The van der Waals surface area contributed by atoms with Gasteiger partial charge in [-0.2, -0.15) is 4.98 Å². The maximum atomic E-state index is 12.5. The van der Waals surface area contributed by atoms with Gasteiger partial charge in [0.2, 0.25) is 11.9 Å². The van der Waals surface area contributed by atoms with Crippen LogP contribution in [0.15, 0.2) is 6.20 Å². The topological polar surface area (TPSA) is 61.4 Å². The Morgan fingerprint density at radius 2 is 1.96 bits per heavy atom. The summed E-state index contributed by atoms with van der Waals surface area (Å²) < 4.78 is 0. The lowest BCUT2D eigenvalue weighted by Gasteiger charge is -2.40. The molecule has 3 aliphatic rings. The van der Waals surface area contributed by atoms with E-state index in [1.54, 1.807) is 6.20 Å². The Bertz CT molecular complexity index is 593. The molecule has 23 heavy (non-hydrogen) atoms. The number of carbonyl (C=O) groups excluding carboxylic acids is 1. The highest BCUT2D eigenvalue weighted by atomic mass is 16.2. The van der Waals surface area contributed by atoms with Crippen LogP contribution >= 0.6 is 0 Å². The number of hydrogen-bond donors (Lipinski definition) is 1. The van der Waals surface area contributed by atoms with Crippen LogP contribution in [0.3, 0.4) is 0 Å². The third-order valence-corrected chi connectivity index (χ3v) is 5.39. The molecular weight excluding hydrogens is 290 g/mol. The summed E-state index contributed by atoms with van der Waals surface area (Å²) >= 11 is 0. The maximum absolute atomic E-state index is 12.5. The predicted molar refractivity (Wildman–Crippen MR) is 90.9 cm³/mol. The standard InChI is InChI=1S/C17H25N5O/c1-2-14-16(23)19-13-11-18-17(21-9-5-6-10-21)20-15(13)22(14)12-7-3-4-8-12/h11-12,14H,2-10H2,1H3,(H,19,23)/t14-/m1/s1. The van der Waals surface area contributed by atoms with Crippen molar-refractivity contribution in [2.75, 3.05) is 28.2 Å². The van der Waals surface area contributed by atoms with E-state index in [9.17, 15) is 4.79 Å². The largest absolute Gasteiger partial charge is 0.341 e. The van der Waals surface area contributed by atoms with Gasteiger partial charge in [0.15, 0.2) is 5.82 Å². The maximum Gasteiger partial charge on any atom is 0.247 e. The molecular formula is C17H25N5O. The van der Waals surface area contributed by atoms with Crippen molar-refractivity contribution in [1.82, 2.24) is 9.97 Å². The summed E-state index contributed by atoms with van der Waals surface area (Å²) in [6, 6.07) is 0.331. The fraction of sp³-hybridized carbons (Fsp3) is 0.706. The van der Waals surface area contributed by atoms with Crippen molar-refractivity contribution in [2.24, 2.45) is 0 Å². The zero-order chi connectivity index (χ0) is 15.8. The number of rotatable bonds is 3. The van der Waals surface area contributed by atoms with Gasteiger partial charge in [-0.25, -0.2) is 4.98 Å². The summed E-state index contributed by atoms with van der Waals surface area (Å²) in [5.74, 6) is 1.83. The van der Waals surface area contributed by atoms with Gasteiger partial charge in [-0.15, -0.1) is 0 Å². The average Bonchev–Trinajstić information content (AvgIpc) is 3.26. The van der Waals surface area contributed by atoms with Gasteiger partial charge in [0.25, 0.3) is 0 Å². The van der Waals surface area contributed by atoms with Gasteiger partial charge >= 0.3 is 0 Å². The summed E-state index contributed by atoms with van der Waals surface area (Å²) in [6.07, 6.45) is 9.84. The molecule has 1 aromatic rings. The van der Waals surface area contributed by atoms with Crippen LogP contribution in [0.1, 0.15) is 51.9 Å². The molecule has 6 nitrogen and oxygen atoms in total. The molecule has 6 heteroatoms. The van der Waals surface area contributed by atoms with E-state index in [2.05, 4.69) is 27.0 Å². The second-order valence-corrected chi connectivity index (χ2v) is 6.86. The van der Waals surface area contributed by atoms with Gasteiger partial charge in [0.05, 0.1) is 6.20 Å². The summed E-state index contributed by atoms with van der Waals surface area (Å²) in [6.45, 7) is 4.15. The Morgan fingerprint density at radius 3 is 2.65 bits per heavy atom. The zero-order valence-corrected chi connectivity index (χ0v) is 13.8. The van der Waals surface area contributed by atoms with Crippen molar-refractivity contribution in [1.29, 1.82) is 0 Å². The Labute approximate surface area is 137 Å². The zero-order valence-electron chi connectivity index (χ0n) is 13.8. The molecule has 2 fully saturated rings. The highest BCUT2D eigenvalue weighted by molar-refractivity contribution is 6.02. The molecule has 1 amide bonds. The number of hydrogen-bond acceptors (Lipinski definition) is 5. The summed E-state index contributed by atoms with van der Waals surface area (Å²) in [5, 5.41) is 3.01. The number of carbonyl (C=O) groups is 1. The number of aromatic nitrogens is 2. The van der Waals surface area contributed by atoms with Crippen molar-refractivity contribution in [3.05, 3.63) is 6.20 Å². The van der Waals surface area contributed by atoms with Crippen molar-refractivity contribution < 1.29 is 4.79 Å². The highest BCUT2D eigenvalue weighted by Gasteiger charge is 2.38. The lowest BCUT2D eigenvalue weighted by atomic mass is 10.0. The van der Waals surface area contributed by atoms with Crippen molar-refractivity contribution in [2.45, 2.75) is 64.0 Å². The second kappa shape index (κ2) is 5.98. The molecule has 1 atom stereocenters. The first-order chi connectivity index (χ1) is 11.3. The van der Waals surface area contributed by atoms with Crippen LogP contribution in [0.25, 0.3) is 0 Å². The monoisotopic (exact) mass is 315 g/mol. The van der Waals surface area contributed by atoms with E-state index in [0.29, 0.717) is 6.04 Å². The molecule has 1 saturated carbocycles. The molecule has 2 aliphatic heterocycles. The smallest absolute Gasteiger partial charge is 0.247 e. The van der Waals surface area contributed by atoms with Crippen molar-refractivity contribution >= 4 is 23.4 Å². The molecule has 0 aromatic carbocycles. The molecule has 1 N–H and O–H groups in total. The lowest BCUT2D eigenvalue weighted by Crippen LogP contribution is -2.52. The molecule has 1 saturated heterocycles. The second-order valence-electron chi connectivity index (χ2n) is 6.86. The van der Waals surface area contributed by atoms with Gasteiger partial charge in [0.1, 0.15) is 11.7 Å². The Balaban J connectivity index is 1.74. The summed E-state index contributed by atoms with van der Waals surface area (Å²) in [7, 11) is 0. The fourth-order valence-corrected chi connectivity index (χ4v) is 4.20.